The van der Waals surface area contributed by atoms with Gasteiger partial charge < -0.3 is 10.8 Å². The summed E-state index contributed by atoms with van der Waals surface area (Å²) in [4.78, 5) is 0. The van der Waals surface area contributed by atoms with E-state index in [9.17, 15) is 5.11 Å². The number of nitrogen functional groups attached to an aromatic ring is 1. The molecule has 2 heterocycles. The van der Waals surface area contributed by atoms with Crippen LogP contribution >= 0.6 is 0 Å². The van der Waals surface area contributed by atoms with E-state index in [0.717, 1.165) is 0 Å². The number of fused-ring (bicyclic) bond motifs is 1. The van der Waals surface area contributed by atoms with E-state index in [4.69, 9.17) is 5.73 Å². The Morgan fingerprint density at radius 2 is 2.07 bits per heavy atom. The Morgan fingerprint density at radius 3 is 2.71 bits per heavy atom. The summed E-state index contributed by atoms with van der Waals surface area (Å²) < 4.78 is 1.69. The molecule has 0 aliphatic carbocycles. The molecule has 0 amide bonds. The zero-order valence-electron chi connectivity index (χ0n) is 8.10. The molecule has 0 bridgehead atoms. The first-order valence-electron chi connectivity index (χ1n) is 4.31. The molecule has 0 saturated heterocycles. The van der Waals surface area contributed by atoms with Crippen LogP contribution in [0.15, 0.2) is 18.3 Å². The van der Waals surface area contributed by atoms with Gasteiger partial charge in [-0.2, -0.15) is 0 Å². The molecule has 0 aliphatic rings. The van der Waals surface area contributed by atoms with Crippen LogP contribution in [0.2, 0.25) is 0 Å². The van der Waals surface area contributed by atoms with Crippen molar-refractivity contribution in [3.63, 3.8) is 0 Å². The maximum absolute atomic E-state index is 9.80. The minimum Gasteiger partial charge on any atom is -0.398 e. The van der Waals surface area contributed by atoms with Gasteiger partial charge in [0.05, 0.1) is 0 Å². The molecule has 5 nitrogen and oxygen atoms in total. The van der Waals surface area contributed by atoms with Crippen molar-refractivity contribution in [2.45, 2.75) is 19.4 Å². The Bertz CT molecular complexity index is 469. The summed E-state index contributed by atoms with van der Waals surface area (Å²) in [6.45, 7) is 3.32. The molecule has 0 radical (unpaired) electrons. The van der Waals surface area contributed by atoms with Gasteiger partial charge in [0, 0.05) is 11.9 Å². The van der Waals surface area contributed by atoms with E-state index in [1.807, 2.05) is 0 Å². The highest BCUT2D eigenvalue weighted by Crippen LogP contribution is 2.19. The van der Waals surface area contributed by atoms with Crippen molar-refractivity contribution in [3.05, 3.63) is 24.2 Å². The van der Waals surface area contributed by atoms with Crippen molar-refractivity contribution in [1.82, 2.24) is 14.6 Å². The summed E-state index contributed by atoms with van der Waals surface area (Å²) in [6, 6.07) is 3.51. The summed E-state index contributed by atoms with van der Waals surface area (Å²) in [7, 11) is 0. The maximum atomic E-state index is 9.80. The van der Waals surface area contributed by atoms with Crippen molar-refractivity contribution < 1.29 is 5.11 Å². The van der Waals surface area contributed by atoms with Gasteiger partial charge >= 0.3 is 0 Å². The summed E-state index contributed by atoms with van der Waals surface area (Å²) in [5.41, 5.74) is 5.91. The predicted molar refractivity (Wildman–Crippen MR) is 52.6 cm³/mol. The Kier molecular flexibility index (Phi) is 1.72. The molecule has 0 aliphatic heterocycles. The van der Waals surface area contributed by atoms with Gasteiger partial charge in [0.25, 0.3) is 0 Å². The molecule has 0 aromatic carbocycles. The standard InChI is InChI=1S/C9H12N4O/c1-9(2,14)8-12-11-7-4-3-6(10)5-13(7)8/h3-5,14H,10H2,1-2H3. The van der Waals surface area contributed by atoms with Gasteiger partial charge in [0.15, 0.2) is 11.5 Å². The molecule has 0 saturated carbocycles. The van der Waals surface area contributed by atoms with E-state index in [1.54, 1.807) is 36.6 Å². The van der Waals surface area contributed by atoms with E-state index < -0.39 is 5.60 Å². The average Bonchev–Trinajstić information content (AvgIpc) is 2.45. The fourth-order valence-corrected chi connectivity index (χ4v) is 1.32. The zero-order valence-corrected chi connectivity index (χ0v) is 8.10. The largest absolute Gasteiger partial charge is 0.398 e. The lowest BCUT2D eigenvalue weighted by Crippen LogP contribution is -2.19. The van der Waals surface area contributed by atoms with Gasteiger partial charge in [-0.3, -0.25) is 4.40 Å². The zero-order chi connectivity index (χ0) is 10.3. The fraction of sp³-hybridized carbons (Fsp3) is 0.333. The van der Waals surface area contributed by atoms with Crippen LogP contribution < -0.4 is 5.73 Å². The van der Waals surface area contributed by atoms with E-state index in [2.05, 4.69) is 10.2 Å². The molecule has 2 aromatic heterocycles. The van der Waals surface area contributed by atoms with Gasteiger partial charge in [-0.05, 0) is 26.0 Å². The van der Waals surface area contributed by atoms with Crippen LogP contribution in [0, 0.1) is 0 Å². The average molecular weight is 192 g/mol. The Labute approximate surface area is 81.2 Å². The lowest BCUT2D eigenvalue weighted by Gasteiger charge is -2.14. The third-order valence-electron chi connectivity index (χ3n) is 1.97. The summed E-state index contributed by atoms with van der Waals surface area (Å²) >= 11 is 0. The van der Waals surface area contributed by atoms with Gasteiger partial charge in [0.2, 0.25) is 0 Å². The van der Waals surface area contributed by atoms with Crippen molar-refractivity contribution in [2.75, 3.05) is 5.73 Å². The summed E-state index contributed by atoms with van der Waals surface area (Å²) in [5.74, 6) is 0.486. The normalized spacial score (nSPS) is 12.2. The third kappa shape index (κ3) is 1.31. The number of rotatable bonds is 1. The molecule has 3 N–H and O–H groups in total. The van der Waals surface area contributed by atoms with Gasteiger partial charge in [-0.1, -0.05) is 0 Å². The first-order chi connectivity index (χ1) is 6.48. The lowest BCUT2D eigenvalue weighted by atomic mass is 10.1. The highest BCUT2D eigenvalue weighted by atomic mass is 16.3. The van der Waals surface area contributed by atoms with Crippen molar-refractivity contribution in [1.29, 1.82) is 0 Å². The summed E-state index contributed by atoms with van der Waals surface area (Å²) in [5, 5.41) is 17.6. The molecular formula is C9H12N4O. The Balaban J connectivity index is 2.73. The number of anilines is 1. The molecule has 0 spiro atoms. The van der Waals surface area contributed by atoms with Crippen LogP contribution in [0.3, 0.4) is 0 Å². The molecule has 0 fully saturated rings. The van der Waals surface area contributed by atoms with E-state index in [1.165, 1.54) is 0 Å². The lowest BCUT2D eigenvalue weighted by molar-refractivity contribution is 0.0676. The van der Waals surface area contributed by atoms with Crippen LogP contribution in [0.4, 0.5) is 5.69 Å². The van der Waals surface area contributed by atoms with Crippen molar-refractivity contribution in [2.24, 2.45) is 0 Å². The number of nitrogens with zero attached hydrogens (tertiary/aromatic N) is 3. The number of hydrogen-bond donors (Lipinski definition) is 2. The molecule has 2 aromatic rings. The first-order valence-corrected chi connectivity index (χ1v) is 4.31. The van der Waals surface area contributed by atoms with E-state index >= 15 is 0 Å². The number of nitrogens with two attached hydrogens (primary N) is 1. The molecule has 74 valence electrons. The second kappa shape index (κ2) is 2.68. The smallest absolute Gasteiger partial charge is 0.168 e. The first kappa shape index (κ1) is 8.96. The number of pyridine rings is 1. The molecular weight excluding hydrogens is 180 g/mol. The Morgan fingerprint density at radius 1 is 1.36 bits per heavy atom. The highest BCUT2D eigenvalue weighted by Gasteiger charge is 2.22. The van der Waals surface area contributed by atoms with Crippen molar-refractivity contribution >= 4 is 11.3 Å². The van der Waals surface area contributed by atoms with E-state index in [-0.39, 0.29) is 0 Å². The van der Waals surface area contributed by atoms with Crippen LogP contribution in [0.1, 0.15) is 19.7 Å². The molecule has 5 heteroatoms. The predicted octanol–water partition coefficient (Wildman–Crippen LogP) is 0.539. The second-order valence-corrected chi connectivity index (χ2v) is 3.77. The molecule has 0 unspecified atom stereocenters. The van der Waals surface area contributed by atoms with Crippen LogP contribution in [0.5, 0.6) is 0 Å². The van der Waals surface area contributed by atoms with E-state index in [0.29, 0.717) is 17.2 Å². The van der Waals surface area contributed by atoms with Crippen LogP contribution in [0.25, 0.3) is 5.65 Å². The molecule has 0 atom stereocenters. The number of aromatic nitrogens is 3. The minimum atomic E-state index is -1.02. The van der Waals surface area contributed by atoms with Crippen molar-refractivity contribution in [3.8, 4) is 0 Å². The Hall–Kier alpha value is -1.62. The number of hydrogen-bond acceptors (Lipinski definition) is 4. The quantitative estimate of drug-likeness (QED) is 0.691. The minimum absolute atomic E-state index is 0.486. The van der Waals surface area contributed by atoms with Crippen LogP contribution in [-0.2, 0) is 5.60 Å². The van der Waals surface area contributed by atoms with Gasteiger partial charge in [0.1, 0.15) is 5.60 Å². The third-order valence-corrected chi connectivity index (χ3v) is 1.97. The van der Waals surface area contributed by atoms with Gasteiger partial charge in [-0.15, -0.1) is 10.2 Å². The summed E-state index contributed by atoms with van der Waals surface area (Å²) in [6.07, 6.45) is 1.70. The fourth-order valence-electron chi connectivity index (χ4n) is 1.32. The second-order valence-electron chi connectivity index (χ2n) is 3.77. The molecule has 14 heavy (non-hydrogen) atoms. The maximum Gasteiger partial charge on any atom is 0.168 e. The SMILES string of the molecule is CC(C)(O)c1nnc2ccc(N)cn12. The van der Waals surface area contributed by atoms with Crippen LogP contribution in [-0.4, -0.2) is 19.7 Å². The molecule has 2 rings (SSSR count). The van der Waals surface area contributed by atoms with Gasteiger partial charge in [-0.25, -0.2) is 0 Å². The number of aliphatic hydroxyl groups is 1. The highest BCUT2D eigenvalue weighted by molar-refractivity contribution is 5.47. The monoisotopic (exact) mass is 192 g/mol. The topological polar surface area (TPSA) is 76.4 Å².